The van der Waals surface area contributed by atoms with E-state index in [0.29, 0.717) is 29.1 Å². The fourth-order valence-corrected chi connectivity index (χ4v) is 2.32. The van der Waals surface area contributed by atoms with Crippen molar-refractivity contribution in [3.05, 3.63) is 28.8 Å². The monoisotopic (exact) mass is 280 g/mol. The number of ketones is 1. The van der Waals surface area contributed by atoms with E-state index in [9.17, 15) is 4.79 Å². The first-order valence-corrected chi connectivity index (χ1v) is 7.00. The zero-order valence-electron chi connectivity index (χ0n) is 11.5. The van der Waals surface area contributed by atoms with Gasteiger partial charge in [-0.05, 0) is 31.0 Å². The molecule has 0 bridgehead atoms. The summed E-state index contributed by atoms with van der Waals surface area (Å²) in [7, 11) is 0. The van der Waals surface area contributed by atoms with Crippen LogP contribution in [0.3, 0.4) is 0 Å². The van der Waals surface area contributed by atoms with Crippen molar-refractivity contribution < 1.29 is 4.79 Å². The molecule has 0 fully saturated rings. The van der Waals surface area contributed by atoms with Crippen LogP contribution in [0.5, 0.6) is 0 Å². The molecule has 0 radical (unpaired) electrons. The van der Waals surface area contributed by atoms with Gasteiger partial charge in [0.05, 0.1) is 16.1 Å². The number of rotatable bonds is 7. The quantitative estimate of drug-likeness (QED) is 0.443. The minimum absolute atomic E-state index is 0.0413. The molecule has 0 aromatic heterocycles. The van der Waals surface area contributed by atoms with E-state index in [1.165, 1.54) is 6.21 Å². The van der Waals surface area contributed by atoms with E-state index < -0.39 is 5.41 Å². The van der Waals surface area contributed by atoms with Gasteiger partial charge in [0.15, 0.2) is 5.78 Å². The topological polar surface area (TPSA) is 66.9 Å². The third-order valence-corrected chi connectivity index (χ3v) is 3.93. The van der Waals surface area contributed by atoms with Crippen LogP contribution in [-0.2, 0) is 0 Å². The van der Waals surface area contributed by atoms with E-state index in [0.717, 1.165) is 12.8 Å². The number of benzene rings is 1. The summed E-state index contributed by atoms with van der Waals surface area (Å²) in [6.07, 6.45) is 4.54. The Morgan fingerprint density at radius 2 is 2.16 bits per heavy atom. The number of hydrogen-bond donors (Lipinski definition) is 2. The number of carbonyl (C=O) groups excluding carboxylic acids is 1. The summed E-state index contributed by atoms with van der Waals surface area (Å²) < 4.78 is 0. The van der Waals surface area contributed by atoms with E-state index in [4.69, 9.17) is 22.7 Å². The van der Waals surface area contributed by atoms with Gasteiger partial charge in [-0.25, -0.2) is 0 Å². The second-order valence-corrected chi connectivity index (χ2v) is 5.23. The first-order chi connectivity index (χ1) is 9.00. The van der Waals surface area contributed by atoms with E-state index >= 15 is 0 Å². The Hall–Kier alpha value is -1.35. The molecule has 3 N–H and O–H groups in total. The number of hydrogen-bond acceptors (Lipinski definition) is 3. The molecule has 0 saturated carbocycles. The maximum atomic E-state index is 12.6. The van der Waals surface area contributed by atoms with Gasteiger partial charge in [-0.3, -0.25) is 4.79 Å². The van der Waals surface area contributed by atoms with Crippen LogP contribution in [0.1, 0.15) is 49.9 Å². The number of Topliss-reactive ketones (excluding diaryl/α,β-unsaturated/α-hetero) is 1. The molecule has 0 aliphatic rings. The van der Waals surface area contributed by atoms with Crippen molar-refractivity contribution in [1.82, 2.24) is 0 Å². The van der Waals surface area contributed by atoms with Gasteiger partial charge in [0.25, 0.3) is 0 Å². The third kappa shape index (κ3) is 3.35. The summed E-state index contributed by atoms with van der Waals surface area (Å²) in [6, 6.07) is 4.92. The van der Waals surface area contributed by atoms with Crippen LogP contribution in [-0.4, -0.2) is 12.0 Å². The molecule has 1 aromatic rings. The van der Waals surface area contributed by atoms with Crippen LogP contribution >= 0.6 is 11.6 Å². The highest BCUT2D eigenvalue weighted by Gasteiger charge is 2.34. The largest absolute Gasteiger partial charge is 0.398 e. The number of nitrogens with two attached hydrogens (primary N) is 1. The number of nitrogen functional groups attached to an aromatic ring is 1. The van der Waals surface area contributed by atoms with Gasteiger partial charge < -0.3 is 11.1 Å². The number of halogens is 1. The summed E-state index contributed by atoms with van der Waals surface area (Å²) >= 11 is 5.96. The Labute approximate surface area is 119 Å². The summed E-state index contributed by atoms with van der Waals surface area (Å²) in [5.74, 6) is -0.0413. The first kappa shape index (κ1) is 15.7. The second-order valence-electron chi connectivity index (χ2n) is 4.82. The molecule has 1 aromatic carbocycles. The van der Waals surface area contributed by atoms with Crippen molar-refractivity contribution in [2.45, 2.75) is 39.5 Å². The average Bonchev–Trinajstić information content (AvgIpc) is 2.43. The molecule has 104 valence electrons. The molecule has 0 spiro atoms. The van der Waals surface area contributed by atoms with E-state index in [2.05, 4.69) is 6.92 Å². The lowest BCUT2D eigenvalue weighted by Crippen LogP contribution is -2.32. The minimum Gasteiger partial charge on any atom is -0.398 e. The van der Waals surface area contributed by atoms with Gasteiger partial charge >= 0.3 is 0 Å². The average molecular weight is 281 g/mol. The molecule has 0 amide bonds. The molecule has 0 heterocycles. The Bertz CT molecular complexity index is 473. The van der Waals surface area contributed by atoms with Crippen molar-refractivity contribution in [2.75, 3.05) is 5.73 Å². The molecule has 0 saturated heterocycles. The van der Waals surface area contributed by atoms with Crippen LogP contribution in [0.4, 0.5) is 5.69 Å². The van der Waals surface area contributed by atoms with Crippen molar-refractivity contribution in [3.8, 4) is 0 Å². The molecule has 1 atom stereocenters. The summed E-state index contributed by atoms with van der Waals surface area (Å²) in [5, 5.41) is 8.04. The van der Waals surface area contributed by atoms with Crippen molar-refractivity contribution in [2.24, 2.45) is 5.41 Å². The fraction of sp³-hybridized carbons (Fsp3) is 0.467. The Morgan fingerprint density at radius 3 is 2.63 bits per heavy atom. The predicted molar refractivity (Wildman–Crippen MR) is 81.2 cm³/mol. The number of nitrogens with one attached hydrogen (secondary N) is 1. The SMILES string of the molecule is CCCCC(C=N)(CC)C(=O)c1ccc(N)c(Cl)c1. The van der Waals surface area contributed by atoms with Crippen LogP contribution < -0.4 is 5.73 Å². The second kappa shape index (κ2) is 6.71. The van der Waals surface area contributed by atoms with Gasteiger partial charge in [-0.2, -0.15) is 0 Å². The Balaban J connectivity index is 3.11. The molecule has 4 heteroatoms. The number of anilines is 1. The lowest BCUT2D eigenvalue weighted by molar-refractivity contribution is 0.0859. The van der Waals surface area contributed by atoms with Crippen molar-refractivity contribution >= 4 is 29.3 Å². The zero-order chi connectivity index (χ0) is 14.5. The highest BCUT2D eigenvalue weighted by Crippen LogP contribution is 2.32. The Morgan fingerprint density at radius 1 is 1.47 bits per heavy atom. The molecule has 19 heavy (non-hydrogen) atoms. The van der Waals surface area contributed by atoms with Crippen molar-refractivity contribution in [3.63, 3.8) is 0 Å². The lowest BCUT2D eigenvalue weighted by Gasteiger charge is -2.26. The van der Waals surface area contributed by atoms with Gasteiger partial charge in [0.2, 0.25) is 0 Å². The summed E-state index contributed by atoms with van der Waals surface area (Å²) in [4.78, 5) is 12.6. The normalized spacial score (nSPS) is 13.8. The van der Waals surface area contributed by atoms with Crippen LogP contribution in [0.15, 0.2) is 18.2 Å². The smallest absolute Gasteiger partial charge is 0.174 e. The van der Waals surface area contributed by atoms with Gasteiger partial charge in [0, 0.05) is 11.8 Å². The molecule has 1 rings (SSSR count). The van der Waals surface area contributed by atoms with Crippen molar-refractivity contribution in [1.29, 1.82) is 5.41 Å². The lowest BCUT2D eigenvalue weighted by atomic mass is 9.75. The fourth-order valence-electron chi connectivity index (χ4n) is 2.14. The predicted octanol–water partition coefficient (Wildman–Crippen LogP) is 4.34. The van der Waals surface area contributed by atoms with Gasteiger partial charge in [-0.15, -0.1) is 0 Å². The van der Waals surface area contributed by atoms with Crippen LogP contribution in [0.2, 0.25) is 5.02 Å². The molecule has 1 unspecified atom stereocenters. The maximum Gasteiger partial charge on any atom is 0.174 e. The molecule has 0 aliphatic carbocycles. The molecule has 0 aliphatic heterocycles. The van der Waals surface area contributed by atoms with E-state index in [1.54, 1.807) is 18.2 Å². The van der Waals surface area contributed by atoms with Crippen LogP contribution in [0, 0.1) is 10.8 Å². The summed E-state index contributed by atoms with van der Waals surface area (Å²) in [5.41, 5.74) is 5.93. The highest BCUT2D eigenvalue weighted by molar-refractivity contribution is 6.33. The molecular weight excluding hydrogens is 260 g/mol. The van der Waals surface area contributed by atoms with Crippen LogP contribution in [0.25, 0.3) is 0 Å². The van der Waals surface area contributed by atoms with Gasteiger partial charge in [-0.1, -0.05) is 38.3 Å². The molecule has 3 nitrogen and oxygen atoms in total. The van der Waals surface area contributed by atoms with Gasteiger partial charge in [0.1, 0.15) is 0 Å². The Kier molecular flexibility index (Phi) is 5.55. The molecular formula is C15H21ClN2O. The van der Waals surface area contributed by atoms with E-state index in [1.807, 2.05) is 6.92 Å². The third-order valence-electron chi connectivity index (χ3n) is 3.60. The zero-order valence-corrected chi connectivity index (χ0v) is 12.3. The highest BCUT2D eigenvalue weighted by atomic mass is 35.5. The maximum absolute atomic E-state index is 12.6. The first-order valence-electron chi connectivity index (χ1n) is 6.62. The van der Waals surface area contributed by atoms with E-state index in [-0.39, 0.29) is 5.78 Å². The number of unbranched alkanes of at least 4 members (excludes halogenated alkanes) is 1. The number of carbonyl (C=O) groups is 1. The minimum atomic E-state index is -0.713. The standard InChI is InChI=1S/C15H21ClN2O/c1-3-5-8-15(4-2,10-17)14(19)11-6-7-13(18)12(16)9-11/h6-7,9-10,17H,3-5,8,18H2,1-2H3. The summed E-state index contributed by atoms with van der Waals surface area (Å²) in [6.45, 7) is 4.02.